The van der Waals surface area contributed by atoms with Gasteiger partial charge in [0.15, 0.2) is 0 Å². The number of esters is 1. The lowest BCUT2D eigenvalue weighted by molar-refractivity contribution is -0.116. The average molecular weight is 404 g/mol. The number of amides is 1. The topological polar surface area (TPSA) is 64.6 Å². The Morgan fingerprint density at radius 1 is 1.04 bits per heavy atom. The van der Waals surface area contributed by atoms with Gasteiger partial charge in [-0.25, -0.2) is 4.79 Å². The van der Waals surface area contributed by atoms with Crippen molar-refractivity contribution in [2.45, 2.75) is 39.5 Å². The molecule has 150 valence electrons. The van der Waals surface area contributed by atoms with E-state index in [4.69, 9.17) is 21.1 Å². The van der Waals surface area contributed by atoms with Crippen LogP contribution >= 0.6 is 11.6 Å². The van der Waals surface area contributed by atoms with Gasteiger partial charge in [0.2, 0.25) is 5.91 Å². The van der Waals surface area contributed by atoms with Crippen LogP contribution in [0, 0.1) is 6.92 Å². The molecule has 0 aliphatic carbocycles. The van der Waals surface area contributed by atoms with E-state index in [2.05, 4.69) is 5.32 Å². The standard InChI is InChI=1S/C22H26ClNO4/c1-3-4-13-28-22(26)17-7-9-18(10-8-17)24-21(25)6-5-14-27-19-11-12-20(23)16(2)15-19/h7-12,15H,3-6,13-14H2,1-2H3,(H,24,25). The summed E-state index contributed by atoms with van der Waals surface area (Å²) in [7, 11) is 0. The van der Waals surface area contributed by atoms with E-state index in [9.17, 15) is 9.59 Å². The number of hydrogen-bond donors (Lipinski definition) is 1. The lowest BCUT2D eigenvalue weighted by atomic mass is 10.2. The number of halogens is 1. The molecule has 0 fully saturated rings. The van der Waals surface area contributed by atoms with Crippen molar-refractivity contribution >= 4 is 29.2 Å². The van der Waals surface area contributed by atoms with Crippen molar-refractivity contribution in [1.82, 2.24) is 0 Å². The molecule has 2 aromatic rings. The van der Waals surface area contributed by atoms with Gasteiger partial charge in [0.05, 0.1) is 18.8 Å². The highest BCUT2D eigenvalue weighted by molar-refractivity contribution is 6.31. The Bertz CT molecular complexity index is 790. The van der Waals surface area contributed by atoms with Crippen molar-refractivity contribution in [1.29, 1.82) is 0 Å². The first-order valence-corrected chi connectivity index (χ1v) is 9.83. The normalized spacial score (nSPS) is 10.4. The van der Waals surface area contributed by atoms with Gasteiger partial charge in [0, 0.05) is 17.1 Å². The molecule has 0 radical (unpaired) electrons. The second-order valence-electron chi connectivity index (χ2n) is 6.48. The van der Waals surface area contributed by atoms with Gasteiger partial charge >= 0.3 is 5.97 Å². The molecule has 0 aromatic heterocycles. The number of ether oxygens (including phenoxy) is 2. The number of benzene rings is 2. The summed E-state index contributed by atoms with van der Waals surface area (Å²) in [6.07, 6.45) is 2.76. The fraction of sp³-hybridized carbons (Fsp3) is 0.364. The lowest BCUT2D eigenvalue weighted by Gasteiger charge is -2.09. The third-order valence-electron chi connectivity index (χ3n) is 4.08. The van der Waals surface area contributed by atoms with E-state index in [-0.39, 0.29) is 11.9 Å². The number of nitrogens with one attached hydrogen (secondary N) is 1. The van der Waals surface area contributed by atoms with Crippen molar-refractivity contribution in [3.8, 4) is 5.75 Å². The second kappa shape index (κ2) is 11.3. The Hall–Kier alpha value is -2.53. The fourth-order valence-corrected chi connectivity index (χ4v) is 2.55. The Morgan fingerprint density at radius 3 is 2.46 bits per heavy atom. The zero-order valence-corrected chi connectivity index (χ0v) is 17.1. The summed E-state index contributed by atoms with van der Waals surface area (Å²) < 4.78 is 10.8. The van der Waals surface area contributed by atoms with Gasteiger partial charge < -0.3 is 14.8 Å². The zero-order valence-electron chi connectivity index (χ0n) is 16.3. The molecule has 28 heavy (non-hydrogen) atoms. The number of carbonyl (C=O) groups excluding carboxylic acids is 2. The third kappa shape index (κ3) is 7.24. The van der Waals surface area contributed by atoms with E-state index in [0.717, 1.165) is 24.2 Å². The minimum Gasteiger partial charge on any atom is -0.494 e. The van der Waals surface area contributed by atoms with Crippen molar-refractivity contribution in [2.75, 3.05) is 18.5 Å². The molecule has 0 atom stereocenters. The molecule has 0 aliphatic rings. The summed E-state index contributed by atoms with van der Waals surface area (Å²) >= 11 is 5.98. The molecule has 1 amide bonds. The molecule has 1 N–H and O–H groups in total. The number of anilines is 1. The predicted molar refractivity (Wildman–Crippen MR) is 111 cm³/mol. The summed E-state index contributed by atoms with van der Waals surface area (Å²) in [6, 6.07) is 12.2. The largest absolute Gasteiger partial charge is 0.494 e. The number of hydrogen-bond acceptors (Lipinski definition) is 4. The molecule has 6 heteroatoms. The first kappa shape index (κ1) is 21.8. The van der Waals surface area contributed by atoms with Crippen LogP contribution in [0.15, 0.2) is 42.5 Å². The number of aryl methyl sites for hydroxylation is 1. The van der Waals surface area contributed by atoms with Gasteiger partial charge in [-0.1, -0.05) is 24.9 Å². The second-order valence-corrected chi connectivity index (χ2v) is 6.89. The van der Waals surface area contributed by atoms with Crippen LogP contribution in [-0.4, -0.2) is 25.1 Å². The molecule has 0 unspecified atom stereocenters. The first-order chi connectivity index (χ1) is 13.5. The average Bonchev–Trinajstić information content (AvgIpc) is 2.68. The van der Waals surface area contributed by atoms with Crippen molar-refractivity contribution in [3.63, 3.8) is 0 Å². The maximum Gasteiger partial charge on any atom is 0.338 e. The summed E-state index contributed by atoms with van der Waals surface area (Å²) in [5.41, 5.74) is 2.07. The summed E-state index contributed by atoms with van der Waals surface area (Å²) in [6.45, 7) is 4.82. The molecule has 2 aromatic carbocycles. The summed E-state index contributed by atoms with van der Waals surface area (Å²) in [4.78, 5) is 23.9. The van der Waals surface area contributed by atoms with Gasteiger partial charge in [0.1, 0.15) is 5.75 Å². The Balaban J connectivity index is 1.70. The smallest absolute Gasteiger partial charge is 0.338 e. The van der Waals surface area contributed by atoms with Crippen molar-refractivity contribution in [2.24, 2.45) is 0 Å². The van der Waals surface area contributed by atoms with Gasteiger partial charge in [-0.15, -0.1) is 0 Å². The zero-order chi connectivity index (χ0) is 20.4. The van der Waals surface area contributed by atoms with Gasteiger partial charge in [-0.3, -0.25) is 4.79 Å². The third-order valence-corrected chi connectivity index (χ3v) is 4.51. The van der Waals surface area contributed by atoms with E-state index in [1.165, 1.54) is 0 Å². The highest BCUT2D eigenvalue weighted by Gasteiger charge is 2.08. The fourth-order valence-electron chi connectivity index (χ4n) is 2.44. The van der Waals surface area contributed by atoms with Crippen molar-refractivity contribution < 1.29 is 19.1 Å². The van der Waals surface area contributed by atoms with Crippen molar-refractivity contribution in [3.05, 3.63) is 58.6 Å². The van der Waals surface area contributed by atoms with Crippen LogP contribution in [0.1, 0.15) is 48.5 Å². The molecule has 0 saturated heterocycles. The minimum absolute atomic E-state index is 0.103. The van der Waals surface area contributed by atoms with E-state index >= 15 is 0 Å². The maximum atomic E-state index is 12.0. The molecule has 0 heterocycles. The molecule has 0 bridgehead atoms. The van der Waals surface area contributed by atoms with Crippen LogP contribution < -0.4 is 10.1 Å². The molecule has 0 aliphatic heterocycles. The highest BCUT2D eigenvalue weighted by atomic mass is 35.5. The quantitative estimate of drug-likeness (QED) is 0.426. The minimum atomic E-state index is -0.346. The van der Waals surface area contributed by atoms with Gasteiger partial charge in [-0.05, 0) is 67.8 Å². The van der Waals surface area contributed by atoms with Gasteiger partial charge in [-0.2, -0.15) is 0 Å². The number of carbonyl (C=O) groups is 2. The molecule has 0 saturated carbocycles. The SMILES string of the molecule is CCCCOC(=O)c1ccc(NC(=O)CCCOc2ccc(Cl)c(C)c2)cc1. The van der Waals surface area contributed by atoms with E-state index in [1.54, 1.807) is 30.3 Å². The Morgan fingerprint density at radius 2 is 1.79 bits per heavy atom. The Kier molecular flexibility index (Phi) is 8.82. The maximum absolute atomic E-state index is 12.0. The van der Waals surface area contributed by atoms with Crippen LogP contribution in [0.3, 0.4) is 0 Å². The summed E-state index contributed by atoms with van der Waals surface area (Å²) in [5.74, 6) is 0.291. The predicted octanol–water partition coefficient (Wildman–Crippen LogP) is 5.40. The monoisotopic (exact) mass is 403 g/mol. The van der Waals surface area contributed by atoms with Crippen LogP contribution in [0.25, 0.3) is 0 Å². The molecular weight excluding hydrogens is 378 g/mol. The lowest BCUT2D eigenvalue weighted by Crippen LogP contribution is -2.13. The van der Waals surface area contributed by atoms with Gasteiger partial charge in [0.25, 0.3) is 0 Å². The van der Waals surface area contributed by atoms with E-state index in [0.29, 0.717) is 42.3 Å². The molecule has 5 nitrogen and oxygen atoms in total. The number of unbranched alkanes of at least 4 members (excludes halogenated alkanes) is 1. The van der Waals surface area contributed by atoms with Crippen LogP contribution in [0.5, 0.6) is 5.75 Å². The summed E-state index contributed by atoms with van der Waals surface area (Å²) in [5, 5.41) is 3.51. The first-order valence-electron chi connectivity index (χ1n) is 9.45. The van der Waals surface area contributed by atoms with Crippen LogP contribution in [0.4, 0.5) is 5.69 Å². The molecule has 2 rings (SSSR count). The van der Waals surface area contributed by atoms with Crippen LogP contribution in [-0.2, 0) is 9.53 Å². The molecule has 0 spiro atoms. The van der Waals surface area contributed by atoms with E-state index in [1.807, 2.05) is 26.0 Å². The number of rotatable bonds is 10. The molecular formula is C22H26ClNO4. The van der Waals surface area contributed by atoms with E-state index < -0.39 is 0 Å². The van der Waals surface area contributed by atoms with Crippen LogP contribution in [0.2, 0.25) is 5.02 Å². The Labute approximate surface area is 171 Å². The highest BCUT2D eigenvalue weighted by Crippen LogP contribution is 2.21.